The van der Waals surface area contributed by atoms with Crippen molar-refractivity contribution in [2.75, 3.05) is 6.61 Å². The van der Waals surface area contributed by atoms with Gasteiger partial charge < -0.3 is 10.1 Å². The van der Waals surface area contributed by atoms with Crippen molar-refractivity contribution in [3.63, 3.8) is 0 Å². The first-order valence-corrected chi connectivity index (χ1v) is 7.39. The maximum Gasteiger partial charge on any atom is 0.341 e. The monoisotopic (exact) mass is 311 g/mol. The first-order chi connectivity index (χ1) is 10.5. The molecule has 2 rings (SSSR count). The quantitative estimate of drug-likeness (QED) is 0.870. The lowest BCUT2D eigenvalue weighted by atomic mass is 9.86. The summed E-state index contributed by atoms with van der Waals surface area (Å²) < 4.78 is 30.9. The van der Waals surface area contributed by atoms with Crippen molar-refractivity contribution in [1.29, 1.82) is 0 Å². The third-order valence-corrected chi connectivity index (χ3v) is 3.94. The zero-order valence-corrected chi connectivity index (χ0v) is 12.4. The lowest BCUT2D eigenvalue weighted by Crippen LogP contribution is -2.42. The van der Waals surface area contributed by atoms with Crippen molar-refractivity contribution in [2.24, 2.45) is 5.92 Å². The highest BCUT2D eigenvalue weighted by Crippen LogP contribution is 2.23. The van der Waals surface area contributed by atoms with Gasteiger partial charge in [-0.1, -0.05) is 19.8 Å². The van der Waals surface area contributed by atoms with E-state index in [0.717, 1.165) is 37.8 Å². The third-order valence-electron chi connectivity index (χ3n) is 3.94. The standard InChI is InChI=1S/C16H19F2NO3/c1-10-4-2-3-5-14(10)19-15(20)9-22-16(21)12-7-6-11(17)8-13(12)18/h6-8,10,14H,2-5,9H2,1H3,(H,19,20)/t10-,14-/m0/s1. The van der Waals surface area contributed by atoms with Crippen LogP contribution < -0.4 is 5.32 Å². The van der Waals surface area contributed by atoms with Gasteiger partial charge in [0.05, 0.1) is 5.56 Å². The summed E-state index contributed by atoms with van der Waals surface area (Å²) in [5, 5.41) is 2.83. The van der Waals surface area contributed by atoms with Gasteiger partial charge in [-0.3, -0.25) is 4.79 Å². The number of hydrogen-bond donors (Lipinski definition) is 1. The second-order valence-electron chi connectivity index (χ2n) is 5.64. The summed E-state index contributed by atoms with van der Waals surface area (Å²) in [6.45, 7) is 1.60. The van der Waals surface area contributed by atoms with Crippen LogP contribution in [0.5, 0.6) is 0 Å². The Kier molecular flexibility index (Phi) is 5.46. The fourth-order valence-corrected chi connectivity index (χ4v) is 2.64. The topological polar surface area (TPSA) is 55.4 Å². The molecular weight excluding hydrogens is 292 g/mol. The van der Waals surface area contributed by atoms with Crippen molar-refractivity contribution in [3.8, 4) is 0 Å². The Labute approximate surface area is 127 Å². The van der Waals surface area contributed by atoms with Crippen LogP contribution in [0.1, 0.15) is 43.0 Å². The first kappa shape index (κ1) is 16.4. The largest absolute Gasteiger partial charge is 0.452 e. The Bertz CT molecular complexity index is 562. The van der Waals surface area contributed by atoms with E-state index in [0.29, 0.717) is 12.0 Å². The molecule has 1 aromatic carbocycles. The number of halogens is 2. The minimum Gasteiger partial charge on any atom is -0.452 e. The first-order valence-electron chi connectivity index (χ1n) is 7.39. The zero-order chi connectivity index (χ0) is 16.1. The predicted molar refractivity (Wildman–Crippen MR) is 76.2 cm³/mol. The van der Waals surface area contributed by atoms with Crippen molar-refractivity contribution in [3.05, 3.63) is 35.4 Å². The molecule has 4 nitrogen and oxygen atoms in total. The molecule has 0 radical (unpaired) electrons. The number of hydrogen-bond acceptors (Lipinski definition) is 3. The molecule has 1 N–H and O–H groups in total. The lowest BCUT2D eigenvalue weighted by molar-refractivity contribution is -0.125. The molecule has 1 aromatic rings. The summed E-state index contributed by atoms with van der Waals surface area (Å²) in [5.41, 5.74) is -0.389. The smallest absolute Gasteiger partial charge is 0.341 e. The minimum atomic E-state index is -1.01. The fraction of sp³-hybridized carbons (Fsp3) is 0.500. The van der Waals surface area contributed by atoms with Gasteiger partial charge in [0.15, 0.2) is 6.61 Å². The van der Waals surface area contributed by atoms with Crippen LogP contribution >= 0.6 is 0 Å². The molecule has 0 unspecified atom stereocenters. The highest BCUT2D eigenvalue weighted by molar-refractivity contribution is 5.91. The second-order valence-corrected chi connectivity index (χ2v) is 5.64. The van der Waals surface area contributed by atoms with E-state index < -0.39 is 30.1 Å². The van der Waals surface area contributed by atoms with E-state index in [9.17, 15) is 18.4 Å². The van der Waals surface area contributed by atoms with E-state index in [2.05, 4.69) is 12.2 Å². The van der Waals surface area contributed by atoms with Gasteiger partial charge in [0.1, 0.15) is 11.6 Å². The molecular formula is C16H19F2NO3. The average Bonchev–Trinajstić information content (AvgIpc) is 2.47. The minimum absolute atomic E-state index is 0.0857. The number of rotatable bonds is 4. The average molecular weight is 311 g/mol. The van der Waals surface area contributed by atoms with Crippen LogP contribution in [-0.4, -0.2) is 24.5 Å². The normalized spacial score (nSPS) is 21.2. The second kappa shape index (κ2) is 7.33. The number of benzene rings is 1. The summed E-state index contributed by atoms with van der Waals surface area (Å²) in [5.74, 6) is -2.79. The maximum atomic E-state index is 13.4. The van der Waals surface area contributed by atoms with Crippen LogP contribution in [0.4, 0.5) is 8.78 Å². The summed E-state index contributed by atoms with van der Waals surface area (Å²) in [4.78, 5) is 23.5. The van der Waals surface area contributed by atoms with Crippen molar-refractivity contribution in [1.82, 2.24) is 5.32 Å². The van der Waals surface area contributed by atoms with Crippen LogP contribution in [0.2, 0.25) is 0 Å². The molecule has 0 bridgehead atoms. The van der Waals surface area contributed by atoms with Gasteiger partial charge in [-0.25, -0.2) is 13.6 Å². The van der Waals surface area contributed by atoms with Gasteiger partial charge >= 0.3 is 5.97 Å². The van der Waals surface area contributed by atoms with Crippen molar-refractivity contribution >= 4 is 11.9 Å². The number of esters is 1. The van der Waals surface area contributed by atoms with Gasteiger partial charge in [0.2, 0.25) is 0 Å². The lowest BCUT2D eigenvalue weighted by Gasteiger charge is -2.29. The van der Waals surface area contributed by atoms with Crippen LogP contribution in [-0.2, 0) is 9.53 Å². The molecule has 6 heteroatoms. The third kappa shape index (κ3) is 4.26. The number of amides is 1. The summed E-state index contributed by atoms with van der Waals surface area (Å²) >= 11 is 0. The molecule has 0 saturated heterocycles. The maximum absolute atomic E-state index is 13.4. The molecule has 0 heterocycles. The van der Waals surface area contributed by atoms with E-state index in [4.69, 9.17) is 4.74 Å². The van der Waals surface area contributed by atoms with Crippen molar-refractivity contribution < 1.29 is 23.1 Å². The van der Waals surface area contributed by atoms with E-state index in [-0.39, 0.29) is 11.6 Å². The van der Waals surface area contributed by atoms with Crippen LogP contribution in [0.25, 0.3) is 0 Å². The van der Waals surface area contributed by atoms with Crippen molar-refractivity contribution in [2.45, 2.75) is 38.6 Å². The molecule has 1 saturated carbocycles. The van der Waals surface area contributed by atoms with Gasteiger partial charge in [-0.2, -0.15) is 0 Å². The van der Waals surface area contributed by atoms with E-state index >= 15 is 0 Å². The molecule has 0 aromatic heterocycles. The Morgan fingerprint density at radius 1 is 1.27 bits per heavy atom. The molecule has 1 amide bonds. The van der Waals surface area contributed by atoms with E-state index in [1.54, 1.807) is 0 Å². The zero-order valence-electron chi connectivity index (χ0n) is 12.4. The van der Waals surface area contributed by atoms with Gasteiger partial charge in [-0.05, 0) is 30.9 Å². The van der Waals surface area contributed by atoms with Gasteiger partial charge in [-0.15, -0.1) is 0 Å². The fourth-order valence-electron chi connectivity index (χ4n) is 2.64. The Morgan fingerprint density at radius 3 is 2.68 bits per heavy atom. The van der Waals surface area contributed by atoms with Gasteiger partial charge in [0, 0.05) is 12.1 Å². The number of carbonyl (C=O) groups is 2. The van der Waals surface area contributed by atoms with Crippen LogP contribution in [0.3, 0.4) is 0 Å². The number of ether oxygens (including phenoxy) is 1. The van der Waals surface area contributed by atoms with Crippen LogP contribution in [0, 0.1) is 17.6 Å². The molecule has 120 valence electrons. The summed E-state index contributed by atoms with van der Waals surface area (Å²) in [7, 11) is 0. The van der Waals surface area contributed by atoms with Gasteiger partial charge in [0.25, 0.3) is 5.91 Å². The molecule has 1 aliphatic rings. The molecule has 0 aliphatic heterocycles. The Morgan fingerprint density at radius 2 is 2.00 bits per heavy atom. The molecule has 22 heavy (non-hydrogen) atoms. The Hall–Kier alpha value is -1.98. The van der Waals surface area contributed by atoms with E-state index in [1.807, 2.05) is 0 Å². The predicted octanol–water partition coefficient (Wildman–Crippen LogP) is 2.82. The molecule has 0 spiro atoms. The SMILES string of the molecule is C[C@H]1CCCC[C@@H]1NC(=O)COC(=O)c1ccc(F)cc1F. The molecule has 1 fully saturated rings. The van der Waals surface area contributed by atoms with E-state index in [1.165, 1.54) is 0 Å². The number of carbonyl (C=O) groups excluding carboxylic acids is 2. The molecule has 2 atom stereocenters. The summed E-state index contributed by atoms with van der Waals surface area (Å²) in [6, 6.07) is 2.64. The van der Waals surface area contributed by atoms with Crippen LogP contribution in [0.15, 0.2) is 18.2 Å². The molecule has 1 aliphatic carbocycles. The number of nitrogens with one attached hydrogen (secondary N) is 1. The highest BCUT2D eigenvalue weighted by atomic mass is 19.1. The Balaban J connectivity index is 1.84. The highest BCUT2D eigenvalue weighted by Gasteiger charge is 2.23. The summed E-state index contributed by atoms with van der Waals surface area (Å²) in [6.07, 6.45) is 4.20.